The van der Waals surface area contributed by atoms with Crippen molar-refractivity contribution in [2.75, 3.05) is 18.0 Å². The van der Waals surface area contributed by atoms with Crippen LogP contribution in [0.2, 0.25) is 0 Å². The topological polar surface area (TPSA) is 55.1 Å². The van der Waals surface area contributed by atoms with E-state index in [1.165, 1.54) is 31.4 Å². The van der Waals surface area contributed by atoms with E-state index in [0.717, 1.165) is 24.5 Å². The standard InChI is InChI=1S/C18H17FN4O/c19-15-7-4-13(5-8-15)17-21-18(24-22-17)14-6-9-16(20-12-14)23-10-2-1-3-11-23/h4-9,12H,1-3,10-11H2. The van der Waals surface area contributed by atoms with E-state index in [0.29, 0.717) is 17.3 Å². The first-order valence-electron chi connectivity index (χ1n) is 8.11. The lowest BCUT2D eigenvalue weighted by Gasteiger charge is -2.27. The van der Waals surface area contributed by atoms with Crippen molar-refractivity contribution in [1.82, 2.24) is 15.1 Å². The first kappa shape index (κ1) is 14.8. The second-order valence-corrected chi connectivity index (χ2v) is 5.88. The summed E-state index contributed by atoms with van der Waals surface area (Å²) < 4.78 is 18.3. The van der Waals surface area contributed by atoms with Gasteiger partial charge < -0.3 is 9.42 Å². The summed E-state index contributed by atoms with van der Waals surface area (Å²) in [5.74, 6) is 1.54. The Labute approximate surface area is 139 Å². The van der Waals surface area contributed by atoms with Crippen LogP contribution in [0.4, 0.5) is 10.2 Å². The molecule has 2 aromatic heterocycles. The summed E-state index contributed by atoms with van der Waals surface area (Å²) in [5, 5.41) is 3.96. The molecule has 122 valence electrons. The number of hydrogen-bond acceptors (Lipinski definition) is 5. The summed E-state index contributed by atoms with van der Waals surface area (Å²) in [5.41, 5.74) is 1.49. The van der Waals surface area contributed by atoms with Gasteiger partial charge in [-0.15, -0.1) is 0 Å². The van der Waals surface area contributed by atoms with Crippen molar-refractivity contribution < 1.29 is 8.91 Å². The zero-order valence-electron chi connectivity index (χ0n) is 13.2. The Hall–Kier alpha value is -2.76. The highest BCUT2D eigenvalue weighted by Gasteiger charge is 2.14. The van der Waals surface area contributed by atoms with E-state index >= 15 is 0 Å². The van der Waals surface area contributed by atoms with Crippen molar-refractivity contribution in [1.29, 1.82) is 0 Å². The SMILES string of the molecule is Fc1ccc(-c2noc(-c3ccc(N4CCCCC4)nc3)n2)cc1. The van der Waals surface area contributed by atoms with Gasteiger partial charge in [0.25, 0.3) is 5.89 Å². The van der Waals surface area contributed by atoms with Gasteiger partial charge in [0.2, 0.25) is 5.82 Å². The van der Waals surface area contributed by atoms with Crippen LogP contribution >= 0.6 is 0 Å². The van der Waals surface area contributed by atoms with Crippen LogP contribution in [0.3, 0.4) is 0 Å². The van der Waals surface area contributed by atoms with Gasteiger partial charge in [0, 0.05) is 24.8 Å². The van der Waals surface area contributed by atoms with E-state index in [4.69, 9.17) is 4.52 Å². The number of rotatable bonds is 3. The third-order valence-electron chi connectivity index (χ3n) is 4.20. The Kier molecular flexibility index (Phi) is 3.94. The van der Waals surface area contributed by atoms with Crippen molar-refractivity contribution in [3.63, 3.8) is 0 Å². The number of anilines is 1. The van der Waals surface area contributed by atoms with E-state index in [2.05, 4.69) is 20.0 Å². The molecule has 0 spiro atoms. The summed E-state index contributed by atoms with van der Waals surface area (Å²) in [4.78, 5) is 11.2. The van der Waals surface area contributed by atoms with Crippen LogP contribution in [-0.4, -0.2) is 28.2 Å². The molecule has 0 atom stereocenters. The molecule has 4 rings (SSSR count). The average Bonchev–Trinajstić information content (AvgIpc) is 3.13. The van der Waals surface area contributed by atoms with E-state index in [1.54, 1.807) is 18.3 Å². The molecule has 1 aliphatic heterocycles. The molecule has 1 aromatic carbocycles. The van der Waals surface area contributed by atoms with Gasteiger partial charge in [0.05, 0.1) is 5.56 Å². The molecule has 3 aromatic rings. The van der Waals surface area contributed by atoms with Crippen LogP contribution in [0.15, 0.2) is 47.1 Å². The summed E-state index contributed by atoms with van der Waals surface area (Å²) >= 11 is 0. The number of halogens is 1. The number of hydrogen-bond donors (Lipinski definition) is 0. The minimum atomic E-state index is -0.292. The molecule has 1 fully saturated rings. The van der Waals surface area contributed by atoms with Crippen molar-refractivity contribution in [2.45, 2.75) is 19.3 Å². The Morgan fingerprint density at radius 1 is 0.917 bits per heavy atom. The van der Waals surface area contributed by atoms with Gasteiger partial charge in [-0.2, -0.15) is 4.98 Å². The summed E-state index contributed by atoms with van der Waals surface area (Å²) in [6.45, 7) is 2.11. The van der Waals surface area contributed by atoms with Crippen LogP contribution in [0.5, 0.6) is 0 Å². The van der Waals surface area contributed by atoms with Crippen LogP contribution in [0.25, 0.3) is 22.8 Å². The lowest BCUT2D eigenvalue weighted by atomic mass is 10.1. The molecule has 24 heavy (non-hydrogen) atoms. The monoisotopic (exact) mass is 324 g/mol. The van der Waals surface area contributed by atoms with Gasteiger partial charge in [-0.25, -0.2) is 9.37 Å². The minimum Gasteiger partial charge on any atom is -0.357 e. The average molecular weight is 324 g/mol. The number of nitrogens with zero attached hydrogens (tertiary/aromatic N) is 4. The van der Waals surface area contributed by atoms with Crippen LogP contribution in [0, 0.1) is 5.82 Å². The molecule has 0 bridgehead atoms. The zero-order valence-corrected chi connectivity index (χ0v) is 13.2. The molecule has 1 saturated heterocycles. The molecule has 0 unspecified atom stereocenters. The van der Waals surface area contributed by atoms with Gasteiger partial charge in [-0.3, -0.25) is 0 Å². The number of aromatic nitrogens is 3. The molecule has 0 saturated carbocycles. The molecule has 0 amide bonds. The van der Waals surface area contributed by atoms with Gasteiger partial charge in [0.1, 0.15) is 11.6 Å². The number of piperidine rings is 1. The predicted octanol–water partition coefficient (Wildman–Crippen LogP) is 3.93. The maximum Gasteiger partial charge on any atom is 0.259 e. The van der Waals surface area contributed by atoms with Crippen molar-refractivity contribution >= 4 is 5.82 Å². The zero-order chi connectivity index (χ0) is 16.4. The fourth-order valence-corrected chi connectivity index (χ4v) is 2.88. The predicted molar refractivity (Wildman–Crippen MR) is 89.0 cm³/mol. The highest BCUT2D eigenvalue weighted by Crippen LogP contribution is 2.24. The molecule has 6 heteroatoms. The Morgan fingerprint density at radius 3 is 2.38 bits per heavy atom. The molecular formula is C18H17FN4O. The summed E-state index contributed by atoms with van der Waals surface area (Å²) in [7, 11) is 0. The second-order valence-electron chi connectivity index (χ2n) is 5.88. The normalized spacial score (nSPS) is 14.8. The lowest BCUT2D eigenvalue weighted by Crippen LogP contribution is -2.29. The molecule has 3 heterocycles. The van der Waals surface area contributed by atoms with Gasteiger partial charge in [-0.1, -0.05) is 5.16 Å². The van der Waals surface area contributed by atoms with E-state index in [-0.39, 0.29) is 5.82 Å². The fourth-order valence-electron chi connectivity index (χ4n) is 2.88. The minimum absolute atomic E-state index is 0.292. The molecule has 0 N–H and O–H groups in total. The van der Waals surface area contributed by atoms with Crippen molar-refractivity contribution in [2.24, 2.45) is 0 Å². The van der Waals surface area contributed by atoms with E-state index in [1.807, 2.05) is 12.1 Å². The Balaban J connectivity index is 1.54. The third kappa shape index (κ3) is 2.99. The molecule has 5 nitrogen and oxygen atoms in total. The fraction of sp³-hybridized carbons (Fsp3) is 0.278. The number of benzene rings is 1. The van der Waals surface area contributed by atoms with Crippen molar-refractivity contribution in [3.05, 3.63) is 48.4 Å². The third-order valence-corrected chi connectivity index (χ3v) is 4.20. The first-order chi connectivity index (χ1) is 11.8. The molecule has 1 aliphatic rings. The largest absolute Gasteiger partial charge is 0.357 e. The quantitative estimate of drug-likeness (QED) is 0.730. The summed E-state index contributed by atoms with van der Waals surface area (Å²) in [6.07, 6.45) is 5.48. The Morgan fingerprint density at radius 2 is 1.67 bits per heavy atom. The van der Waals surface area contributed by atoms with E-state index in [9.17, 15) is 4.39 Å². The number of pyridine rings is 1. The molecular weight excluding hydrogens is 307 g/mol. The van der Waals surface area contributed by atoms with Crippen LogP contribution in [-0.2, 0) is 0 Å². The molecule has 0 aliphatic carbocycles. The first-order valence-corrected chi connectivity index (χ1v) is 8.11. The van der Waals surface area contributed by atoms with Gasteiger partial charge in [-0.05, 0) is 55.7 Å². The summed E-state index contributed by atoms with van der Waals surface area (Å²) in [6, 6.07) is 9.94. The van der Waals surface area contributed by atoms with Crippen LogP contribution < -0.4 is 4.90 Å². The van der Waals surface area contributed by atoms with Crippen LogP contribution in [0.1, 0.15) is 19.3 Å². The Bertz CT molecular complexity index is 808. The smallest absolute Gasteiger partial charge is 0.259 e. The highest BCUT2D eigenvalue weighted by atomic mass is 19.1. The van der Waals surface area contributed by atoms with Gasteiger partial charge in [0.15, 0.2) is 0 Å². The highest BCUT2D eigenvalue weighted by molar-refractivity contribution is 5.60. The second kappa shape index (κ2) is 6.39. The maximum absolute atomic E-state index is 13.0. The van der Waals surface area contributed by atoms with Crippen molar-refractivity contribution in [3.8, 4) is 22.8 Å². The maximum atomic E-state index is 13.0. The lowest BCUT2D eigenvalue weighted by molar-refractivity contribution is 0.432. The van der Waals surface area contributed by atoms with E-state index < -0.39 is 0 Å². The van der Waals surface area contributed by atoms with Gasteiger partial charge >= 0.3 is 0 Å². The molecule has 0 radical (unpaired) electrons.